The maximum Gasteiger partial charge on any atom is 0.330 e. The standard InChI is InChI=1S/C23H27N5O4S/c1-3-5-12-28-19(24)18(21(30)26-23(28)32)27(4-2)22(31)16-10-8-15(9-11-16)14-25-20(29)17-7-6-13-33-17/h6-11,13H,3-5,12,14,24H2,1-2H3,(H,25,29)(H,26,30,32). The van der Waals surface area contributed by atoms with Gasteiger partial charge in [0.25, 0.3) is 17.4 Å². The minimum Gasteiger partial charge on any atom is -0.383 e. The molecule has 174 valence electrons. The summed E-state index contributed by atoms with van der Waals surface area (Å²) in [6.07, 6.45) is 1.55. The van der Waals surface area contributed by atoms with Crippen molar-refractivity contribution in [2.75, 3.05) is 17.2 Å². The molecule has 0 aliphatic rings. The number of carbonyl (C=O) groups is 2. The van der Waals surface area contributed by atoms with Crippen LogP contribution in [0, 0.1) is 0 Å². The van der Waals surface area contributed by atoms with Gasteiger partial charge in [-0.2, -0.15) is 0 Å². The molecule has 10 heteroatoms. The molecule has 0 aliphatic carbocycles. The van der Waals surface area contributed by atoms with Gasteiger partial charge in [0.1, 0.15) is 5.82 Å². The number of rotatable bonds is 9. The lowest BCUT2D eigenvalue weighted by Gasteiger charge is -2.23. The number of nitrogens with one attached hydrogen (secondary N) is 2. The second-order valence-corrected chi connectivity index (χ2v) is 8.35. The number of aromatic nitrogens is 2. The SMILES string of the molecule is CCCCn1c(N)c(N(CC)C(=O)c2ccc(CNC(=O)c3cccs3)cc2)c(=O)[nH]c1=O. The van der Waals surface area contributed by atoms with Crippen molar-refractivity contribution in [1.29, 1.82) is 0 Å². The van der Waals surface area contributed by atoms with Gasteiger partial charge in [0, 0.05) is 25.2 Å². The summed E-state index contributed by atoms with van der Waals surface area (Å²) in [5.74, 6) is -0.597. The van der Waals surface area contributed by atoms with Gasteiger partial charge in [-0.1, -0.05) is 31.5 Å². The molecule has 3 rings (SSSR count). The van der Waals surface area contributed by atoms with E-state index in [9.17, 15) is 19.2 Å². The first-order valence-corrected chi connectivity index (χ1v) is 11.6. The molecule has 9 nitrogen and oxygen atoms in total. The largest absolute Gasteiger partial charge is 0.383 e. The number of H-pyrrole nitrogens is 1. The summed E-state index contributed by atoms with van der Waals surface area (Å²) in [4.78, 5) is 54.2. The molecule has 0 unspecified atom stereocenters. The second kappa shape index (κ2) is 10.8. The summed E-state index contributed by atoms with van der Waals surface area (Å²) < 4.78 is 1.29. The first kappa shape index (κ1) is 24.0. The molecule has 0 spiro atoms. The van der Waals surface area contributed by atoms with E-state index in [1.54, 1.807) is 37.3 Å². The average Bonchev–Trinajstić information content (AvgIpc) is 3.35. The third-order valence-corrected chi connectivity index (χ3v) is 6.05. The number of benzene rings is 1. The Morgan fingerprint density at radius 3 is 2.48 bits per heavy atom. The van der Waals surface area contributed by atoms with E-state index in [4.69, 9.17) is 5.73 Å². The molecule has 0 atom stereocenters. The maximum atomic E-state index is 13.2. The van der Waals surface area contributed by atoms with E-state index < -0.39 is 17.2 Å². The number of aromatic amines is 1. The number of hydrogen-bond donors (Lipinski definition) is 3. The molecule has 0 fully saturated rings. The zero-order valence-corrected chi connectivity index (χ0v) is 19.4. The van der Waals surface area contributed by atoms with Crippen molar-refractivity contribution in [2.24, 2.45) is 0 Å². The van der Waals surface area contributed by atoms with Crippen LogP contribution >= 0.6 is 11.3 Å². The summed E-state index contributed by atoms with van der Waals surface area (Å²) in [7, 11) is 0. The van der Waals surface area contributed by atoms with Crippen molar-refractivity contribution in [3.63, 3.8) is 0 Å². The van der Waals surface area contributed by atoms with E-state index in [0.717, 1.165) is 12.0 Å². The molecule has 3 aromatic rings. The van der Waals surface area contributed by atoms with Crippen LogP contribution in [0.1, 0.15) is 52.3 Å². The Hall–Kier alpha value is -3.66. The molecule has 0 radical (unpaired) electrons. The van der Waals surface area contributed by atoms with Crippen molar-refractivity contribution in [1.82, 2.24) is 14.9 Å². The molecule has 0 saturated heterocycles. The Morgan fingerprint density at radius 2 is 1.88 bits per heavy atom. The first-order chi connectivity index (χ1) is 15.9. The van der Waals surface area contributed by atoms with E-state index in [-0.39, 0.29) is 24.0 Å². The summed E-state index contributed by atoms with van der Waals surface area (Å²) in [6.45, 7) is 4.57. The van der Waals surface area contributed by atoms with Gasteiger partial charge >= 0.3 is 5.69 Å². The molecule has 0 aliphatic heterocycles. The highest BCUT2D eigenvalue weighted by Crippen LogP contribution is 2.20. The van der Waals surface area contributed by atoms with E-state index >= 15 is 0 Å². The lowest BCUT2D eigenvalue weighted by Crippen LogP contribution is -2.41. The monoisotopic (exact) mass is 469 g/mol. The predicted molar refractivity (Wildman–Crippen MR) is 130 cm³/mol. The van der Waals surface area contributed by atoms with E-state index in [1.807, 2.05) is 18.4 Å². The minimum absolute atomic E-state index is 0.0275. The number of anilines is 2. The van der Waals surface area contributed by atoms with Crippen LogP contribution in [0.4, 0.5) is 11.5 Å². The van der Waals surface area contributed by atoms with Gasteiger partial charge in [0.15, 0.2) is 5.69 Å². The maximum absolute atomic E-state index is 13.2. The van der Waals surface area contributed by atoms with Gasteiger partial charge in [-0.3, -0.25) is 23.9 Å². The molecule has 4 N–H and O–H groups in total. The van der Waals surface area contributed by atoms with Crippen LogP contribution in [0.15, 0.2) is 51.4 Å². The van der Waals surface area contributed by atoms with Crippen LogP contribution in [0.5, 0.6) is 0 Å². The van der Waals surface area contributed by atoms with Gasteiger partial charge in [-0.05, 0) is 42.5 Å². The fourth-order valence-corrected chi connectivity index (χ4v) is 4.02. The lowest BCUT2D eigenvalue weighted by molar-refractivity contribution is 0.0952. The quantitative estimate of drug-likeness (QED) is 0.443. The molecule has 2 heterocycles. The smallest absolute Gasteiger partial charge is 0.330 e. The zero-order valence-electron chi connectivity index (χ0n) is 18.6. The van der Waals surface area contributed by atoms with Gasteiger partial charge in [0.2, 0.25) is 0 Å². The molecule has 2 aromatic heterocycles. The molecule has 0 saturated carbocycles. The van der Waals surface area contributed by atoms with Crippen molar-refractivity contribution in [3.8, 4) is 0 Å². The highest BCUT2D eigenvalue weighted by molar-refractivity contribution is 7.12. The number of nitrogens with two attached hydrogens (primary N) is 1. The molecule has 2 amide bonds. The van der Waals surface area contributed by atoms with Crippen molar-refractivity contribution >= 4 is 34.7 Å². The first-order valence-electron chi connectivity index (χ1n) is 10.7. The second-order valence-electron chi connectivity index (χ2n) is 7.40. The Morgan fingerprint density at radius 1 is 1.15 bits per heavy atom. The number of carbonyl (C=O) groups excluding carboxylic acids is 2. The van der Waals surface area contributed by atoms with Crippen LogP contribution in [-0.2, 0) is 13.1 Å². The Kier molecular flexibility index (Phi) is 7.83. The van der Waals surface area contributed by atoms with Crippen LogP contribution in [-0.4, -0.2) is 27.9 Å². The number of amides is 2. The summed E-state index contributed by atoms with van der Waals surface area (Å²) >= 11 is 1.36. The van der Waals surface area contributed by atoms with Gasteiger partial charge in [-0.15, -0.1) is 11.3 Å². The third kappa shape index (κ3) is 5.40. The van der Waals surface area contributed by atoms with E-state index in [1.165, 1.54) is 20.8 Å². The fourth-order valence-electron chi connectivity index (χ4n) is 3.38. The zero-order chi connectivity index (χ0) is 24.0. The van der Waals surface area contributed by atoms with Crippen molar-refractivity contribution in [2.45, 2.75) is 39.8 Å². The number of thiophene rings is 1. The van der Waals surface area contributed by atoms with Crippen LogP contribution in [0.3, 0.4) is 0 Å². The number of nitrogen functional groups attached to an aromatic ring is 1. The normalized spacial score (nSPS) is 10.7. The van der Waals surface area contributed by atoms with Crippen molar-refractivity contribution in [3.05, 3.63) is 78.6 Å². The highest BCUT2D eigenvalue weighted by atomic mass is 32.1. The van der Waals surface area contributed by atoms with E-state index in [0.29, 0.717) is 30.0 Å². The van der Waals surface area contributed by atoms with Crippen LogP contribution in [0.2, 0.25) is 0 Å². The molecular weight excluding hydrogens is 442 g/mol. The highest BCUT2D eigenvalue weighted by Gasteiger charge is 2.24. The van der Waals surface area contributed by atoms with Gasteiger partial charge in [0.05, 0.1) is 4.88 Å². The van der Waals surface area contributed by atoms with Crippen LogP contribution < -0.4 is 27.2 Å². The third-order valence-electron chi connectivity index (χ3n) is 5.18. The average molecular weight is 470 g/mol. The topological polar surface area (TPSA) is 130 Å². The minimum atomic E-state index is -0.701. The molecule has 1 aromatic carbocycles. The summed E-state index contributed by atoms with van der Waals surface area (Å²) in [5, 5.41) is 4.67. The Bertz CT molecular complexity index is 1230. The fraction of sp³-hybridized carbons (Fsp3) is 0.304. The summed E-state index contributed by atoms with van der Waals surface area (Å²) in [5.41, 5.74) is 6.01. The Balaban J connectivity index is 1.80. The number of unbranched alkanes of at least 4 members (excludes halogenated alkanes) is 1. The van der Waals surface area contributed by atoms with Crippen molar-refractivity contribution < 1.29 is 9.59 Å². The molecule has 33 heavy (non-hydrogen) atoms. The van der Waals surface area contributed by atoms with E-state index in [2.05, 4.69) is 10.3 Å². The van der Waals surface area contributed by atoms with Gasteiger partial charge < -0.3 is 16.0 Å². The summed E-state index contributed by atoms with van der Waals surface area (Å²) in [6, 6.07) is 10.3. The predicted octanol–water partition coefficient (Wildman–Crippen LogP) is 2.58. The Labute approximate surface area is 194 Å². The number of hydrogen-bond acceptors (Lipinski definition) is 6. The lowest BCUT2D eigenvalue weighted by atomic mass is 10.1. The molecular formula is C23H27N5O4S. The van der Waals surface area contributed by atoms with Crippen LogP contribution in [0.25, 0.3) is 0 Å². The number of nitrogens with zero attached hydrogens (tertiary/aromatic N) is 2. The molecule has 0 bridgehead atoms. The van der Waals surface area contributed by atoms with Gasteiger partial charge in [-0.25, -0.2) is 4.79 Å².